The second-order valence-corrected chi connectivity index (χ2v) is 4.83. The summed E-state index contributed by atoms with van der Waals surface area (Å²) in [5.74, 6) is 1.89. The minimum Gasteiger partial charge on any atom is -0.493 e. The SMILES string of the molecule is COc1cc(Br)cc(OCc2ccccc2)c1OC. The number of rotatable bonds is 5. The van der Waals surface area contributed by atoms with E-state index in [-0.39, 0.29) is 0 Å². The zero-order valence-electron chi connectivity index (χ0n) is 10.9. The van der Waals surface area contributed by atoms with Gasteiger partial charge in [-0.3, -0.25) is 0 Å². The van der Waals surface area contributed by atoms with Crippen molar-refractivity contribution in [1.82, 2.24) is 0 Å². The topological polar surface area (TPSA) is 27.7 Å². The Balaban J connectivity index is 2.22. The van der Waals surface area contributed by atoms with Gasteiger partial charge in [-0.2, -0.15) is 0 Å². The van der Waals surface area contributed by atoms with E-state index < -0.39 is 0 Å². The zero-order valence-corrected chi connectivity index (χ0v) is 12.4. The summed E-state index contributed by atoms with van der Waals surface area (Å²) in [6.07, 6.45) is 0. The van der Waals surface area contributed by atoms with Crippen LogP contribution in [0.4, 0.5) is 0 Å². The molecule has 0 bridgehead atoms. The van der Waals surface area contributed by atoms with Gasteiger partial charge in [0.25, 0.3) is 0 Å². The van der Waals surface area contributed by atoms with Crippen LogP contribution in [-0.4, -0.2) is 14.2 Å². The average molecular weight is 323 g/mol. The number of benzene rings is 2. The Morgan fingerprint density at radius 2 is 1.63 bits per heavy atom. The highest BCUT2D eigenvalue weighted by Gasteiger charge is 2.13. The molecule has 2 aromatic rings. The summed E-state index contributed by atoms with van der Waals surface area (Å²) in [7, 11) is 3.20. The summed E-state index contributed by atoms with van der Waals surface area (Å²) in [5, 5.41) is 0. The number of hydrogen-bond acceptors (Lipinski definition) is 3. The van der Waals surface area contributed by atoms with Crippen molar-refractivity contribution < 1.29 is 14.2 Å². The molecule has 2 aromatic carbocycles. The van der Waals surface area contributed by atoms with E-state index in [1.165, 1.54) is 0 Å². The standard InChI is InChI=1S/C15H15BrO3/c1-17-13-8-12(16)9-14(15(13)18-2)19-10-11-6-4-3-5-7-11/h3-9H,10H2,1-2H3. The van der Waals surface area contributed by atoms with E-state index in [0.717, 1.165) is 10.0 Å². The molecule has 0 radical (unpaired) electrons. The van der Waals surface area contributed by atoms with Crippen molar-refractivity contribution in [2.24, 2.45) is 0 Å². The smallest absolute Gasteiger partial charge is 0.203 e. The lowest BCUT2D eigenvalue weighted by atomic mass is 10.2. The third-order valence-electron chi connectivity index (χ3n) is 2.65. The maximum absolute atomic E-state index is 5.80. The van der Waals surface area contributed by atoms with Crippen molar-refractivity contribution in [3.63, 3.8) is 0 Å². The third kappa shape index (κ3) is 3.41. The molecule has 0 unspecified atom stereocenters. The minimum absolute atomic E-state index is 0.483. The molecule has 100 valence electrons. The van der Waals surface area contributed by atoms with E-state index in [2.05, 4.69) is 15.9 Å². The Morgan fingerprint density at radius 1 is 0.947 bits per heavy atom. The molecule has 0 heterocycles. The first-order valence-corrected chi connectivity index (χ1v) is 6.62. The molecule has 19 heavy (non-hydrogen) atoms. The molecule has 0 N–H and O–H groups in total. The summed E-state index contributed by atoms with van der Waals surface area (Å²) in [6, 6.07) is 13.7. The van der Waals surface area contributed by atoms with Crippen LogP contribution in [0.5, 0.6) is 17.2 Å². The van der Waals surface area contributed by atoms with E-state index in [1.54, 1.807) is 14.2 Å². The third-order valence-corrected chi connectivity index (χ3v) is 3.10. The van der Waals surface area contributed by atoms with Crippen molar-refractivity contribution in [1.29, 1.82) is 0 Å². The summed E-state index contributed by atoms with van der Waals surface area (Å²) < 4.78 is 17.3. The number of methoxy groups -OCH3 is 2. The molecule has 0 spiro atoms. The summed E-state index contributed by atoms with van der Waals surface area (Å²) in [6.45, 7) is 0.483. The normalized spacial score (nSPS) is 10.1. The molecule has 0 aromatic heterocycles. The van der Waals surface area contributed by atoms with Gasteiger partial charge in [0.05, 0.1) is 14.2 Å². The van der Waals surface area contributed by atoms with Crippen LogP contribution in [0.2, 0.25) is 0 Å². The molecule has 0 aliphatic rings. The van der Waals surface area contributed by atoms with Crippen LogP contribution in [0.15, 0.2) is 46.9 Å². The molecule has 0 saturated carbocycles. The van der Waals surface area contributed by atoms with E-state index in [9.17, 15) is 0 Å². The lowest BCUT2D eigenvalue weighted by Crippen LogP contribution is -1.99. The van der Waals surface area contributed by atoms with Crippen LogP contribution in [0.25, 0.3) is 0 Å². The van der Waals surface area contributed by atoms with Gasteiger partial charge in [-0.15, -0.1) is 0 Å². The quantitative estimate of drug-likeness (QED) is 0.831. The van der Waals surface area contributed by atoms with Crippen LogP contribution in [-0.2, 0) is 6.61 Å². The van der Waals surface area contributed by atoms with Gasteiger partial charge in [0.15, 0.2) is 11.5 Å². The highest BCUT2D eigenvalue weighted by Crippen LogP contribution is 2.40. The summed E-state index contributed by atoms with van der Waals surface area (Å²) >= 11 is 3.43. The van der Waals surface area contributed by atoms with Gasteiger partial charge < -0.3 is 14.2 Å². The van der Waals surface area contributed by atoms with Gasteiger partial charge in [0.1, 0.15) is 6.61 Å². The second-order valence-electron chi connectivity index (χ2n) is 3.91. The van der Waals surface area contributed by atoms with Crippen molar-refractivity contribution in [3.8, 4) is 17.2 Å². The Labute approximate surface area is 121 Å². The first-order chi connectivity index (χ1) is 9.24. The molecule has 0 fully saturated rings. The summed E-state index contributed by atoms with van der Waals surface area (Å²) in [5.41, 5.74) is 1.10. The van der Waals surface area contributed by atoms with Gasteiger partial charge in [-0.1, -0.05) is 46.3 Å². The molecule has 0 amide bonds. The lowest BCUT2D eigenvalue weighted by Gasteiger charge is -2.14. The Kier molecular flexibility index (Phi) is 4.68. The van der Waals surface area contributed by atoms with Crippen LogP contribution in [0.1, 0.15) is 5.56 Å². The number of halogens is 1. The van der Waals surface area contributed by atoms with E-state index in [0.29, 0.717) is 23.9 Å². The van der Waals surface area contributed by atoms with Crippen LogP contribution < -0.4 is 14.2 Å². The maximum Gasteiger partial charge on any atom is 0.203 e. The fourth-order valence-corrected chi connectivity index (χ4v) is 2.16. The molecule has 2 rings (SSSR count). The van der Waals surface area contributed by atoms with Gasteiger partial charge in [0.2, 0.25) is 5.75 Å². The van der Waals surface area contributed by atoms with Crippen molar-refractivity contribution >= 4 is 15.9 Å². The first-order valence-electron chi connectivity index (χ1n) is 5.83. The molecule has 0 saturated heterocycles. The van der Waals surface area contributed by atoms with E-state index >= 15 is 0 Å². The number of ether oxygens (including phenoxy) is 3. The first kappa shape index (κ1) is 13.7. The Bertz CT molecular complexity index is 541. The highest BCUT2D eigenvalue weighted by atomic mass is 79.9. The largest absolute Gasteiger partial charge is 0.493 e. The average Bonchev–Trinajstić information content (AvgIpc) is 2.45. The predicted molar refractivity (Wildman–Crippen MR) is 78.0 cm³/mol. The van der Waals surface area contributed by atoms with Gasteiger partial charge in [0, 0.05) is 4.47 Å². The van der Waals surface area contributed by atoms with E-state index in [4.69, 9.17) is 14.2 Å². The van der Waals surface area contributed by atoms with Crippen molar-refractivity contribution in [2.75, 3.05) is 14.2 Å². The van der Waals surface area contributed by atoms with Crippen LogP contribution in [0.3, 0.4) is 0 Å². The molecular formula is C15H15BrO3. The van der Waals surface area contributed by atoms with Crippen molar-refractivity contribution in [2.45, 2.75) is 6.61 Å². The van der Waals surface area contributed by atoms with Crippen LogP contribution >= 0.6 is 15.9 Å². The van der Waals surface area contributed by atoms with Gasteiger partial charge in [-0.05, 0) is 17.7 Å². The molecule has 0 atom stereocenters. The van der Waals surface area contributed by atoms with Gasteiger partial charge >= 0.3 is 0 Å². The fourth-order valence-electron chi connectivity index (χ4n) is 1.74. The molecule has 4 heteroatoms. The minimum atomic E-state index is 0.483. The lowest BCUT2D eigenvalue weighted by molar-refractivity contribution is 0.275. The highest BCUT2D eigenvalue weighted by molar-refractivity contribution is 9.10. The zero-order chi connectivity index (χ0) is 13.7. The van der Waals surface area contributed by atoms with Gasteiger partial charge in [-0.25, -0.2) is 0 Å². The van der Waals surface area contributed by atoms with E-state index in [1.807, 2.05) is 42.5 Å². The Hall–Kier alpha value is -1.68. The molecule has 0 aliphatic heterocycles. The number of hydrogen-bond donors (Lipinski definition) is 0. The second kappa shape index (κ2) is 6.48. The molecular weight excluding hydrogens is 308 g/mol. The predicted octanol–water partition coefficient (Wildman–Crippen LogP) is 4.05. The summed E-state index contributed by atoms with van der Waals surface area (Å²) in [4.78, 5) is 0. The molecule has 3 nitrogen and oxygen atoms in total. The maximum atomic E-state index is 5.80. The van der Waals surface area contributed by atoms with Crippen LogP contribution in [0, 0.1) is 0 Å². The molecule has 0 aliphatic carbocycles. The Morgan fingerprint density at radius 3 is 2.26 bits per heavy atom. The fraction of sp³-hybridized carbons (Fsp3) is 0.200. The van der Waals surface area contributed by atoms with Crippen molar-refractivity contribution in [3.05, 3.63) is 52.5 Å². The monoisotopic (exact) mass is 322 g/mol.